The van der Waals surface area contributed by atoms with Crippen LogP contribution in [-0.2, 0) is 9.59 Å². The first-order valence-electron chi connectivity index (χ1n) is 12.1. The third-order valence-corrected chi connectivity index (χ3v) is 7.17. The van der Waals surface area contributed by atoms with Crippen LogP contribution in [0.4, 0.5) is 11.4 Å². The van der Waals surface area contributed by atoms with E-state index in [0.717, 1.165) is 26.2 Å². The lowest BCUT2D eigenvalue weighted by Crippen LogP contribution is -2.30. The predicted octanol–water partition coefficient (Wildman–Crippen LogP) is 6.90. The van der Waals surface area contributed by atoms with Gasteiger partial charge < -0.3 is 16.0 Å². The summed E-state index contributed by atoms with van der Waals surface area (Å²) in [5, 5.41) is 8.47. The van der Waals surface area contributed by atoms with Gasteiger partial charge in [-0.1, -0.05) is 58.4 Å². The number of benzene rings is 4. The van der Waals surface area contributed by atoms with Gasteiger partial charge in [0.1, 0.15) is 5.70 Å². The molecular weight excluding hydrogens is 574 g/mol. The lowest BCUT2D eigenvalue weighted by Gasteiger charge is -2.12. The molecule has 0 aromatic heterocycles. The molecule has 0 saturated carbocycles. The van der Waals surface area contributed by atoms with E-state index in [0.29, 0.717) is 11.3 Å². The highest BCUT2D eigenvalue weighted by Gasteiger charge is 2.15. The van der Waals surface area contributed by atoms with Gasteiger partial charge in [0, 0.05) is 26.3 Å². The first kappa shape index (κ1) is 27.9. The van der Waals surface area contributed by atoms with Crippen molar-refractivity contribution in [3.63, 3.8) is 0 Å². The minimum absolute atomic E-state index is 0.111. The molecule has 6 nitrogen and oxygen atoms in total. The van der Waals surface area contributed by atoms with Crippen molar-refractivity contribution in [3.8, 4) is 0 Å². The zero-order chi connectivity index (χ0) is 27.6. The largest absolute Gasteiger partial charge is 0.325 e. The molecule has 4 rings (SSSR count). The molecule has 0 aliphatic heterocycles. The number of carbonyl (C=O) groups is 3. The van der Waals surface area contributed by atoms with E-state index in [1.54, 1.807) is 42.5 Å². The predicted molar refractivity (Wildman–Crippen MR) is 162 cm³/mol. The Morgan fingerprint density at radius 1 is 0.769 bits per heavy atom. The number of halogens is 1. The van der Waals surface area contributed by atoms with Crippen molar-refractivity contribution in [1.82, 2.24) is 5.32 Å². The zero-order valence-electron chi connectivity index (χ0n) is 21.1. The van der Waals surface area contributed by atoms with Crippen LogP contribution in [0.1, 0.15) is 21.5 Å². The number of anilines is 2. The molecule has 3 amide bonds. The number of carbonyl (C=O) groups excluding carboxylic acids is 3. The fraction of sp³-hybridized carbons (Fsp3) is 0.0645. The van der Waals surface area contributed by atoms with Crippen molar-refractivity contribution < 1.29 is 14.4 Å². The summed E-state index contributed by atoms with van der Waals surface area (Å²) in [6, 6.07) is 30.9. The Labute approximate surface area is 240 Å². The van der Waals surface area contributed by atoms with Crippen molar-refractivity contribution in [2.24, 2.45) is 0 Å². The SMILES string of the molecule is Cc1ccccc1/C=C(\NC(=O)c1ccccc1)C(=O)Nc1ccc(SCC(=O)Nc2ccc(Br)cc2)cc1. The summed E-state index contributed by atoms with van der Waals surface area (Å²) in [5.41, 5.74) is 3.67. The van der Waals surface area contributed by atoms with Crippen LogP contribution in [0.3, 0.4) is 0 Å². The van der Waals surface area contributed by atoms with Crippen LogP contribution >= 0.6 is 27.7 Å². The highest BCUT2D eigenvalue weighted by atomic mass is 79.9. The summed E-state index contributed by atoms with van der Waals surface area (Å²) in [6.45, 7) is 1.94. The molecule has 3 N–H and O–H groups in total. The lowest BCUT2D eigenvalue weighted by atomic mass is 10.1. The van der Waals surface area contributed by atoms with Crippen molar-refractivity contribution in [3.05, 3.63) is 130 Å². The molecule has 0 heterocycles. The third-order valence-electron chi connectivity index (χ3n) is 5.63. The molecule has 196 valence electrons. The van der Waals surface area contributed by atoms with Gasteiger partial charge in [0.15, 0.2) is 0 Å². The highest BCUT2D eigenvalue weighted by Crippen LogP contribution is 2.22. The van der Waals surface area contributed by atoms with E-state index < -0.39 is 5.91 Å². The summed E-state index contributed by atoms with van der Waals surface area (Å²) in [4.78, 5) is 39.2. The summed E-state index contributed by atoms with van der Waals surface area (Å²) in [7, 11) is 0. The van der Waals surface area contributed by atoms with Crippen LogP contribution in [0.15, 0.2) is 118 Å². The van der Waals surface area contributed by atoms with Crippen molar-refractivity contribution in [1.29, 1.82) is 0 Å². The van der Waals surface area contributed by atoms with Gasteiger partial charge in [0.2, 0.25) is 5.91 Å². The van der Waals surface area contributed by atoms with E-state index in [9.17, 15) is 14.4 Å². The molecule has 0 aliphatic rings. The summed E-state index contributed by atoms with van der Waals surface area (Å²) in [6.07, 6.45) is 1.67. The molecule has 8 heteroatoms. The molecule has 4 aromatic carbocycles. The van der Waals surface area contributed by atoms with E-state index >= 15 is 0 Å². The molecule has 0 atom stereocenters. The summed E-state index contributed by atoms with van der Waals surface area (Å²) >= 11 is 4.77. The average Bonchev–Trinajstić information content (AvgIpc) is 2.95. The number of hydrogen-bond acceptors (Lipinski definition) is 4. The number of thioether (sulfide) groups is 1. The van der Waals surface area contributed by atoms with Crippen molar-refractivity contribution in [2.75, 3.05) is 16.4 Å². The Bertz CT molecular complexity index is 1490. The van der Waals surface area contributed by atoms with Gasteiger partial charge >= 0.3 is 0 Å². The van der Waals surface area contributed by atoms with Crippen LogP contribution in [0, 0.1) is 6.92 Å². The second-order valence-corrected chi connectivity index (χ2v) is 10.5. The van der Waals surface area contributed by atoms with Crippen LogP contribution in [-0.4, -0.2) is 23.5 Å². The topological polar surface area (TPSA) is 87.3 Å². The molecule has 0 bridgehead atoms. The normalized spacial score (nSPS) is 11.0. The van der Waals surface area contributed by atoms with Gasteiger partial charge in [0.05, 0.1) is 5.75 Å². The van der Waals surface area contributed by atoms with Gasteiger partial charge in [-0.25, -0.2) is 0 Å². The summed E-state index contributed by atoms with van der Waals surface area (Å²) in [5.74, 6) is -0.688. The number of nitrogens with one attached hydrogen (secondary N) is 3. The maximum atomic E-state index is 13.2. The first-order chi connectivity index (χ1) is 18.9. The Morgan fingerprint density at radius 3 is 2.08 bits per heavy atom. The minimum Gasteiger partial charge on any atom is -0.325 e. The molecule has 0 spiro atoms. The van der Waals surface area contributed by atoms with Gasteiger partial charge in [-0.05, 0) is 84.8 Å². The fourth-order valence-corrected chi connectivity index (χ4v) is 4.52. The van der Waals surface area contributed by atoms with E-state index in [-0.39, 0.29) is 23.3 Å². The molecule has 0 radical (unpaired) electrons. The molecule has 0 aliphatic carbocycles. The van der Waals surface area contributed by atoms with Gasteiger partial charge in [0.25, 0.3) is 11.8 Å². The molecule has 0 unspecified atom stereocenters. The summed E-state index contributed by atoms with van der Waals surface area (Å²) < 4.78 is 0.943. The maximum Gasteiger partial charge on any atom is 0.272 e. The minimum atomic E-state index is -0.447. The second-order valence-electron chi connectivity index (χ2n) is 8.56. The van der Waals surface area contributed by atoms with Crippen molar-refractivity contribution in [2.45, 2.75) is 11.8 Å². The fourth-order valence-electron chi connectivity index (χ4n) is 3.56. The maximum absolute atomic E-state index is 13.2. The second kappa shape index (κ2) is 13.6. The van der Waals surface area contributed by atoms with Gasteiger partial charge in [-0.3, -0.25) is 14.4 Å². The number of rotatable bonds is 9. The van der Waals surface area contributed by atoms with Crippen LogP contribution < -0.4 is 16.0 Å². The van der Waals surface area contributed by atoms with Gasteiger partial charge in [-0.15, -0.1) is 11.8 Å². The number of hydrogen-bond donors (Lipinski definition) is 3. The van der Waals surface area contributed by atoms with Gasteiger partial charge in [-0.2, -0.15) is 0 Å². The molecule has 0 saturated heterocycles. The van der Waals surface area contributed by atoms with Crippen molar-refractivity contribution >= 4 is 62.9 Å². The third kappa shape index (κ3) is 8.43. The Morgan fingerprint density at radius 2 is 1.38 bits per heavy atom. The number of aryl methyl sites for hydroxylation is 1. The smallest absolute Gasteiger partial charge is 0.272 e. The molecule has 4 aromatic rings. The van der Waals surface area contributed by atoms with Crippen LogP contribution in [0.2, 0.25) is 0 Å². The standard InChI is InChI=1S/C31H26BrN3O3S/c1-21-7-5-6-10-23(21)19-28(35-30(37)22-8-3-2-4-9-22)31(38)34-26-15-17-27(18-16-26)39-20-29(36)33-25-13-11-24(32)12-14-25/h2-19H,20H2,1H3,(H,33,36)(H,34,38)(H,35,37)/b28-19-. The molecule has 0 fully saturated rings. The Hall–Kier alpha value is -4.14. The van der Waals surface area contributed by atoms with E-state index in [2.05, 4.69) is 31.9 Å². The van der Waals surface area contributed by atoms with E-state index in [1.165, 1.54) is 11.8 Å². The Kier molecular flexibility index (Phi) is 9.72. The lowest BCUT2D eigenvalue weighted by molar-refractivity contribution is -0.114. The molecule has 39 heavy (non-hydrogen) atoms. The van der Waals surface area contributed by atoms with Crippen LogP contribution in [0.25, 0.3) is 6.08 Å². The highest BCUT2D eigenvalue weighted by molar-refractivity contribution is 9.10. The van der Waals surface area contributed by atoms with E-state index in [4.69, 9.17) is 0 Å². The average molecular weight is 601 g/mol. The number of amides is 3. The molecular formula is C31H26BrN3O3S. The Balaban J connectivity index is 1.40. The quantitative estimate of drug-likeness (QED) is 0.144. The monoisotopic (exact) mass is 599 g/mol. The first-order valence-corrected chi connectivity index (χ1v) is 13.9. The van der Waals surface area contributed by atoms with E-state index in [1.807, 2.05) is 73.7 Å². The zero-order valence-corrected chi connectivity index (χ0v) is 23.5. The van der Waals surface area contributed by atoms with Crippen LogP contribution in [0.5, 0.6) is 0 Å².